The Kier molecular flexibility index (Phi) is 6.79. The van der Waals surface area contributed by atoms with Crippen molar-refractivity contribution in [3.05, 3.63) is 69.7 Å². The van der Waals surface area contributed by atoms with Crippen LogP contribution >= 0.6 is 34.7 Å². The summed E-state index contributed by atoms with van der Waals surface area (Å²) >= 11 is 9.02. The largest absolute Gasteiger partial charge is 0.748 e. The fourth-order valence-corrected chi connectivity index (χ4v) is 7.81. The van der Waals surface area contributed by atoms with Crippen LogP contribution in [0.3, 0.4) is 0 Å². The van der Waals surface area contributed by atoms with Gasteiger partial charge in [-0.05, 0) is 42.1 Å². The summed E-state index contributed by atoms with van der Waals surface area (Å²) in [5.41, 5.74) is 1.46. The second-order valence-corrected chi connectivity index (χ2v) is 13.7. The molecule has 13 heteroatoms. The minimum absolute atomic E-state index is 0.109. The molecule has 1 aliphatic rings. The van der Waals surface area contributed by atoms with E-state index >= 15 is 0 Å². The van der Waals surface area contributed by atoms with E-state index in [9.17, 15) is 25.9 Å². The quantitative estimate of drug-likeness (QED) is 0.246. The Hall–Kier alpha value is -2.19. The van der Waals surface area contributed by atoms with Crippen molar-refractivity contribution in [1.82, 2.24) is 0 Å². The Morgan fingerprint density at radius 3 is 2.61 bits per heavy atom. The maximum atomic E-state index is 12.0. The highest BCUT2D eigenvalue weighted by molar-refractivity contribution is 8.04. The zero-order valence-corrected chi connectivity index (χ0v) is 22.5. The smallest absolute Gasteiger partial charge is 0.326 e. The topological polar surface area (TPSA) is 119 Å². The number of hydrogen-bond donors (Lipinski definition) is 1. The minimum Gasteiger partial charge on any atom is -0.748 e. The van der Waals surface area contributed by atoms with Gasteiger partial charge < -0.3 is 9.45 Å². The highest BCUT2D eigenvalue weighted by atomic mass is 35.5. The van der Waals surface area contributed by atoms with Crippen molar-refractivity contribution in [2.75, 3.05) is 17.2 Å². The fraction of sp³-hybridized carbons (Fsp3) is 0.174. The minimum atomic E-state index is -4.37. The molecule has 0 aliphatic carbocycles. The van der Waals surface area contributed by atoms with Crippen LogP contribution in [0, 0.1) is 0 Å². The van der Waals surface area contributed by atoms with Crippen molar-refractivity contribution in [3.8, 4) is 0 Å². The van der Waals surface area contributed by atoms with E-state index in [0.29, 0.717) is 15.5 Å². The zero-order chi connectivity index (χ0) is 25.7. The van der Waals surface area contributed by atoms with Gasteiger partial charge in [-0.15, -0.1) is 0 Å². The molecule has 0 atom stereocenters. The SMILES string of the molecule is O=S(=O)([O-])CCCN1C(=Cc2sc3ccc4ccccc4c3[n+]2CS(=O)(=O)O)Sc2ccc(Cl)cc21. The number of aromatic nitrogens is 1. The molecule has 0 bridgehead atoms. The standard InChI is InChI=1S/C23H19ClN2O6S4/c24-16-7-9-19-18(12-16)25(10-3-11-35(27,28)29)21(33-19)13-22-26(14-36(30,31)32)23-17-5-2-1-4-15(17)6-8-20(23)34-22/h1-2,4-9,12-13H,3,10-11,14H2,(H-,27,28,29,30,31,32). The maximum Gasteiger partial charge on any atom is 0.326 e. The Labute approximate surface area is 221 Å². The Morgan fingerprint density at radius 2 is 1.86 bits per heavy atom. The van der Waals surface area contributed by atoms with Crippen LogP contribution in [-0.2, 0) is 26.1 Å². The summed E-state index contributed by atoms with van der Waals surface area (Å²) in [7, 11) is -8.73. The lowest BCUT2D eigenvalue weighted by Gasteiger charge is -2.20. The molecule has 2 heterocycles. The van der Waals surface area contributed by atoms with E-state index in [0.717, 1.165) is 31.1 Å². The first-order valence-corrected chi connectivity index (χ1v) is 15.9. The highest BCUT2D eigenvalue weighted by Gasteiger charge is 2.30. The third-order valence-electron chi connectivity index (χ3n) is 5.62. The van der Waals surface area contributed by atoms with Gasteiger partial charge in [-0.3, -0.25) is 4.55 Å². The van der Waals surface area contributed by atoms with Crippen molar-refractivity contribution < 1.29 is 30.5 Å². The van der Waals surface area contributed by atoms with Gasteiger partial charge in [-0.25, -0.2) is 8.42 Å². The molecule has 36 heavy (non-hydrogen) atoms. The average molecular weight is 583 g/mol. The van der Waals surface area contributed by atoms with E-state index in [4.69, 9.17) is 11.6 Å². The van der Waals surface area contributed by atoms with E-state index in [2.05, 4.69) is 0 Å². The van der Waals surface area contributed by atoms with Crippen LogP contribution in [0.15, 0.2) is 64.5 Å². The summed E-state index contributed by atoms with van der Waals surface area (Å²) in [5.74, 6) is -1.13. The van der Waals surface area contributed by atoms with Gasteiger partial charge in [-0.1, -0.05) is 59.0 Å². The summed E-state index contributed by atoms with van der Waals surface area (Å²) in [6.45, 7) is 0.250. The van der Waals surface area contributed by atoms with Crippen LogP contribution in [0.1, 0.15) is 11.4 Å². The number of halogens is 1. The van der Waals surface area contributed by atoms with Crippen molar-refractivity contribution in [2.45, 2.75) is 17.2 Å². The molecule has 1 N–H and O–H groups in total. The molecule has 0 spiro atoms. The van der Waals surface area contributed by atoms with Crippen LogP contribution in [0.2, 0.25) is 5.02 Å². The number of fused-ring (bicyclic) bond motifs is 4. The van der Waals surface area contributed by atoms with Gasteiger partial charge in [0.15, 0.2) is 0 Å². The van der Waals surface area contributed by atoms with Crippen molar-refractivity contribution in [1.29, 1.82) is 0 Å². The van der Waals surface area contributed by atoms with Gasteiger partial charge in [0.1, 0.15) is 4.70 Å². The summed E-state index contributed by atoms with van der Waals surface area (Å²) in [6.07, 6.45) is 1.92. The van der Waals surface area contributed by atoms with Gasteiger partial charge in [0.25, 0.3) is 10.9 Å². The van der Waals surface area contributed by atoms with Crippen LogP contribution in [0.25, 0.3) is 27.1 Å². The molecule has 5 rings (SSSR count). The molecule has 0 unspecified atom stereocenters. The summed E-state index contributed by atoms with van der Waals surface area (Å²) < 4.78 is 69.6. The summed E-state index contributed by atoms with van der Waals surface area (Å²) in [5, 5.41) is 3.60. The fourth-order valence-electron chi connectivity index (χ4n) is 4.19. The highest BCUT2D eigenvalue weighted by Crippen LogP contribution is 2.48. The van der Waals surface area contributed by atoms with Gasteiger partial charge in [-0.2, -0.15) is 13.0 Å². The molecule has 8 nitrogen and oxygen atoms in total. The molecule has 1 aromatic heterocycles. The summed E-state index contributed by atoms with van der Waals surface area (Å²) in [6, 6.07) is 16.8. The molecule has 1 aliphatic heterocycles. The van der Waals surface area contributed by atoms with Crippen molar-refractivity contribution >= 4 is 87.7 Å². The Morgan fingerprint density at radius 1 is 1.08 bits per heavy atom. The Bertz CT molecular complexity index is 1750. The molecule has 3 aromatic carbocycles. The predicted molar refractivity (Wildman–Crippen MR) is 143 cm³/mol. The molecular formula is C23H19ClN2O6S4. The van der Waals surface area contributed by atoms with Crippen LogP contribution < -0.4 is 9.47 Å². The van der Waals surface area contributed by atoms with Gasteiger partial charge in [0.05, 0.1) is 32.3 Å². The van der Waals surface area contributed by atoms with Crippen LogP contribution in [-0.4, -0.2) is 38.2 Å². The third-order valence-corrected chi connectivity index (χ3v) is 9.44. The molecule has 0 radical (unpaired) electrons. The molecule has 0 amide bonds. The molecule has 0 fully saturated rings. The van der Waals surface area contributed by atoms with Gasteiger partial charge in [0.2, 0.25) is 5.52 Å². The number of rotatable bonds is 7. The number of nitrogens with zero attached hydrogens (tertiary/aromatic N) is 2. The van der Waals surface area contributed by atoms with Gasteiger partial charge >= 0.3 is 10.1 Å². The number of thioether (sulfide) groups is 1. The Balaban J connectivity index is 1.65. The van der Waals surface area contributed by atoms with E-state index in [-0.39, 0.29) is 13.0 Å². The maximum absolute atomic E-state index is 12.0. The van der Waals surface area contributed by atoms with Crippen LogP contribution in [0.5, 0.6) is 0 Å². The average Bonchev–Trinajstić information content (AvgIpc) is 3.30. The molecular weight excluding hydrogens is 564 g/mol. The molecule has 188 valence electrons. The van der Waals surface area contributed by atoms with E-state index in [1.54, 1.807) is 16.7 Å². The van der Waals surface area contributed by atoms with Crippen molar-refractivity contribution in [3.63, 3.8) is 0 Å². The predicted octanol–water partition coefficient (Wildman–Crippen LogP) is 4.69. The number of anilines is 1. The van der Waals surface area contributed by atoms with Crippen molar-refractivity contribution in [2.24, 2.45) is 0 Å². The molecule has 4 aromatic rings. The van der Waals surface area contributed by atoms with Crippen LogP contribution in [0.4, 0.5) is 5.69 Å². The normalized spacial score (nSPS) is 15.3. The lowest BCUT2D eigenvalue weighted by Crippen LogP contribution is -2.39. The number of hydrogen-bond acceptors (Lipinski definition) is 8. The lowest BCUT2D eigenvalue weighted by molar-refractivity contribution is -0.648. The monoisotopic (exact) mass is 582 g/mol. The molecule has 0 saturated carbocycles. The first-order valence-electron chi connectivity index (χ1n) is 10.7. The molecule has 0 saturated heterocycles. The van der Waals surface area contributed by atoms with Gasteiger partial charge in [0, 0.05) is 22.2 Å². The second-order valence-electron chi connectivity index (χ2n) is 8.18. The second kappa shape index (κ2) is 9.60. The lowest BCUT2D eigenvalue weighted by atomic mass is 10.1. The first kappa shape index (κ1) is 25.5. The zero-order valence-electron chi connectivity index (χ0n) is 18.5. The summed E-state index contributed by atoms with van der Waals surface area (Å²) in [4.78, 5) is 2.76. The first-order chi connectivity index (χ1) is 17.0. The third kappa shape index (κ3) is 5.40. The van der Waals surface area contributed by atoms with E-state index < -0.39 is 31.9 Å². The van der Waals surface area contributed by atoms with E-state index in [1.165, 1.54) is 23.1 Å². The number of benzene rings is 3. The number of thiazole rings is 1. The van der Waals surface area contributed by atoms with E-state index in [1.807, 2.05) is 53.4 Å².